The zero-order valence-electron chi connectivity index (χ0n) is 13.5. The number of ether oxygens (including phenoxy) is 1. The molecule has 24 heavy (non-hydrogen) atoms. The monoisotopic (exact) mass is 328 g/mol. The van der Waals surface area contributed by atoms with Gasteiger partial charge in [-0.15, -0.1) is 0 Å². The summed E-state index contributed by atoms with van der Waals surface area (Å²) in [6.07, 6.45) is 1.66. The largest absolute Gasteiger partial charge is 0.481 e. The maximum Gasteiger partial charge on any atom is 0.325 e. The summed E-state index contributed by atoms with van der Waals surface area (Å²) in [4.78, 5) is 24.4. The Morgan fingerprint density at radius 1 is 1.17 bits per heavy atom. The van der Waals surface area contributed by atoms with Crippen molar-refractivity contribution in [2.75, 3.05) is 38.2 Å². The van der Waals surface area contributed by atoms with E-state index in [0.717, 1.165) is 5.56 Å². The second-order valence-electron chi connectivity index (χ2n) is 5.57. The average molecular weight is 328 g/mol. The Hall–Kier alpha value is -2.67. The molecule has 7 nitrogen and oxygen atoms in total. The minimum atomic E-state index is -0.827. The third-order valence-electron chi connectivity index (χ3n) is 4.14. The van der Waals surface area contributed by atoms with Crippen molar-refractivity contribution in [3.63, 3.8) is 0 Å². The lowest BCUT2D eigenvalue weighted by atomic mass is 10.0. The van der Waals surface area contributed by atoms with Crippen molar-refractivity contribution < 1.29 is 14.6 Å². The number of benzene rings is 1. The van der Waals surface area contributed by atoms with Gasteiger partial charge in [0.1, 0.15) is 6.04 Å². The average Bonchev–Trinajstić information content (AvgIpc) is 2.63. The van der Waals surface area contributed by atoms with E-state index < -0.39 is 12.0 Å². The zero-order chi connectivity index (χ0) is 16.9. The fourth-order valence-electron chi connectivity index (χ4n) is 2.92. The number of aliphatic carboxylic acids is 1. The van der Waals surface area contributed by atoms with Gasteiger partial charge < -0.3 is 14.7 Å². The third-order valence-corrected chi connectivity index (χ3v) is 4.14. The van der Waals surface area contributed by atoms with Gasteiger partial charge in [0.25, 0.3) is 0 Å². The molecule has 1 unspecified atom stereocenters. The number of piperazine rings is 1. The van der Waals surface area contributed by atoms with Crippen LogP contribution in [0.4, 0.5) is 5.95 Å². The SMILES string of the molecule is COc1ccnc(N2CCN(C(C(=O)O)c3ccccc3)CC2)n1. The first kappa shape index (κ1) is 16.2. The number of hydrogen-bond acceptors (Lipinski definition) is 6. The Balaban J connectivity index is 1.70. The molecule has 2 aromatic rings. The molecule has 7 heteroatoms. The molecular formula is C17H20N4O3. The lowest BCUT2D eigenvalue weighted by molar-refractivity contribution is -0.143. The fraction of sp³-hybridized carbons (Fsp3) is 0.353. The van der Waals surface area contributed by atoms with Crippen LogP contribution in [0, 0.1) is 0 Å². The van der Waals surface area contributed by atoms with Gasteiger partial charge in [-0.25, -0.2) is 4.98 Å². The minimum absolute atomic E-state index is 0.523. The molecule has 2 heterocycles. The van der Waals surface area contributed by atoms with E-state index in [2.05, 4.69) is 9.97 Å². The Bertz CT molecular complexity index is 687. The predicted octanol–water partition coefficient (Wildman–Crippen LogP) is 1.43. The van der Waals surface area contributed by atoms with E-state index in [9.17, 15) is 9.90 Å². The molecule has 126 valence electrons. The number of rotatable bonds is 5. The maximum atomic E-state index is 11.7. The molecule has 1 saturated heterocycles. The van der Waals surface area contributed by atoms with Gasteiger partial charge in [-0.05, 0) is 5.56 Å². The van der Waals surface area contributed by atoms with Gasteiger partial charge in [-0.1, -0.05) is 30.3 Å². The fourth-order valence-corrected chi connectivity index (χ4v) is 2.92. The molecule has 0 saturated carbocycles. The number of carbonyl (C=O) groups is 1. The highest BCUT2D eigenvalue weighted by molar-refractivity contribution is 5.75. The minimum Gasteiger partial charge on any atom is -0.481 e. The molecule has 1 atom stereocenters. The number of aromatic nitrogens is 2. The van der Waals surface area contributed by atoms with E-state index in [1.807, 2.05) is 40.1 Å². The van der Waals surface area contributed by atoms with Crippen molar-refractivity contribution in [2.24, 2.45) is 0 Å². The number of anilines is 1. The highest BCUT2D eigenvalue weighted by atomic mass is 16.5. The number of nitrogens with zero attached hydrogens (tertiary/aromatic N) is 4. The highest BCUT2D eigenvalue weighted by Crippen LogP contribution is 2.23. The van der Waals surface area contributed by atoms with Crippen LogP contribution in [0.1, 0.15) is 11.6 Å². The van der Waals surface area contributed by atoms with Crippen LogP contribution in [0.2, 0.25) is 0 Å². The predicted molar refractivity (Wildman–Crippen MR) is 89.2 cm³/mol. The van der Waals surface area contributed by atoms with Crippen molar-refractivity contribution in [3.8, 4) is 5.88 Å². The Labute approximate surface area is 140 Å². The molecule has 0 aliphatic carbocycles. The van der Waals surface area contributed by atoms with Gasteiger partial charge in [0.2, 0.25) is 11.8 Å². The summed E-state index contributed by atoms with van der Waals surface area (Å²) in [5, 5.41) is 9.63. The first-order valence-corrected chi connectivity index (χ1v) is 7.83. The lowest BCUT2D eigenvalue weighted by Gasteiger charge is -2.37. The van der Waals surface area contributed by atoms with Crippen LogP contribution in [0.25, 0.3) is 0 Å². The van der Waals surface area contributed by atoms with Crippen LogP contribution < -0.4 is 9.64 Å². The summed E-state index contributed by atoms with van der Waals surface area (Å²) in [7, 11) is 1.57. The second kappa shape index (κ2) is 7.27. The number of methoxy groups -OCH3 is 1. The molecule has 0 spiro atoms. The van der Waals surface area contributed by atoms with Crippen LogP contribution in [0.15, 0.2) is 42.6 Å². The van der Waals surface area contributed by atoms with E-state index >= 15 is 0 Å². The van der Waals surface area contributed by atoms with Crippen LogP contribution in [0.5, 0.6) is 5.88 Å². The molecule has 1 aromatic heterocycles. The number of carboxylic acids is 1. The van der Waals surface area contributed by atoms with E-state index in [1.54, 1.807) is 19.4 Å². The van der Waals surface area contributed by atoms with Gasteiger partial charge in [0.05, 0.1) is 7.11 Å². The van der Waals surface area contributed by atoms with Gasteiger partial charge in [0.15, 0.2) is 0 Å². The van der Waals surface area contributed by atoms with Crippen molar-refractivity contribution in [2.45, 2.75) is 6.04 Å². The highest BCUT2D eigenvalue weighted by Gasteiger charge is 2.30. The molecular weight excluding hydrogens is 308 g/mol. The van der Waals surface area contributed by atoms with Crippen LogP contribution >= 0.6 is 0 Å². The molecule has 0 amide bonds. The summed E-state index contributed by atoms with van der Waals surface area (Å²) in [5.74, 6) is 0.308. The molecule has 1 aliphatic heterocycles. The Kier molecular flexibility index (Phi) is 4.90. The summed E-state index contributed by atoms with van der Waals surface area (Å²) in [6, 6.07) is 10.4. The lowest BCUT2D eigenvalue weighted by Crippen LogP contribution is -2.49. The molecule has 1 fully saturated rings. The standard InChI is InChI=1S/C17H20N4O3/c1-24-14-7-8-18-17(19-14)21-11-9-20(10-12-21)15(16(22)23)13-5-3-2-4-6-13/h2-8,15H,9-12H2,1H3,(H,22,23). The van der Waals surface area contributed by atoms with Crippen LogP contribution in [-0.2, 0) is 4.79 Å². The van der Waals surface area contributed by atoms with Crippen molar-refractivity contribution in [1.29, 1.82) is 0 Å². The number of hydrogen-bond donors (Lipinski definition) is 1. The molecule has 3 rings (SSSR count). The Morgan fingerprint density at radius 3 is 2.50 bits per heavy atom. The topological polar surface area (TPSA) is 78.8 Å². The van der Waals surface area contributed by atoms with Crippen molar-refractivity contribution in [3.05, 3.63) is 48.2 Å². The molecule has 1 aromatic carbocycles. The molecule has 0 bridgehead atoms. The van der Waals surface area contributed by atoms with E-state index in [1.165, 1.54) is 0 Å². The first-order chi connectivity index (χ1) is 11.7. The maximum absolute atomic E-state index is 11.7. The summed E-state index contributed by atoms with van der Waals surface area (Å²) >= 11 is 0. The smallest absolute Gasteiger partial charge is 0.325 e. The van der Waals surface area contributed by atoms with Crippen molar-refractivity contribution in [1.82, 2.24) is 14.9 Å². The normalized spacial score (nSPS) is 16.6. The van der Waals surface area contributed by atoms with Gasteiger partial charge in [-0.3, -0.25) is 9.69 Å². The molecule has 0 radical (unpaired) electrons. The zero-order valence-corrected chi connectivity index (χ0v) is 13.5. The Morgan fingerprint density at radius 2 is 1.88 bits per heavy atom. The quantitative estimate of drug-likeness (QED) is 0.889. The van der Waals surface area contributed by atoms with E-state index in [-0.39, 0.29) is 0 Å². The van der Waals surface area contributed by atoms with Crippen LogP contribution in [0.3, 0.4) is 0 Å². The third kappa shape index (κ3) is 3.46. The first-order valence-electron chi connectivity index (χ1n) is 7.83. The number of carboxylic acid groups (broad SMARTS) is 1. The van der Waals surface area contributed by atoms with Crippen LogP contribution in [-0.4, -0.2) is 59.2 Å². The molecule has 1 aliphatic rings. The van der Waals surface area contributed by atoms with Crippen molar-refractivity contribution >= 4 is 11.9 Å². The summed E-state index contributed by atoms with van der Waals surface area (Å²) in [5.41, 5.74) is 0.802. The summed E-state index contributed by atoms with van der Waals surface area (Å²) < 4.78 is 5.13. The summed E-state index contributed by atoms with van der Waals surface area (Å²) in [6.45, 7) is 2.60. The van der Waals surface area contributed by atoms with Gasteiger partial charge in [0, 0.05) is 38.4 Å². The molecule has 1 N–H and O–H groups in total. The van der Waals surface area contributed by atoms with Gasteiger partial charge in [-0.2, -0.15) is 4.98 Å². The van der Waals surface area contributed by atoms with E-state index in [4.69, 9.17) is 4.74 Å². The van der Waals surface area contributed by atoms with Gasteiger partial charge >= 0.3 is 5.97 Å². The van der Waals surface area contributed by atoms with E-state index in [0.29, 0.717) is 38.0 Å². The second-order valence-corrected chi connectivity index (χ2v) is 5.57.